The quantitative estimate of drug-likeness (QED) is 0.441. The van der Waals surface area contributed by atoms with Crippen LogP contribution in [-0.2, 0) is 9.59 Å². The van der Waals surface area contributed by atoms with Crippen molar-refractivity contribution in [2.24, 2.45) is 17.8 Å². The topological polar surface area (TPSA) is 74.8 Å². The van der Waals surface area contributed by atoms with Crippen molar-refractivity contribution in [3.8, 4) is 0 Å². The lowest BCUT2D eigenvalue weighted by atomic mass is 9.76. The summed E-state index contributed by atoms with van der Waals surface area (Å²) >= 11 is 12.2. The van der Waals surface area contributed by atoms with Crippen LogP contribution in [-0.4, -0.2) is 40.1 Å². The Bertz CT molecular complexity index is 1130. The summed E-state index contributed by atoms with van der Waals surface area (Å²) in [6.45, 7) is 3.48. The zero-order valence-corrected chi connectivity index (χ0v) is 19.9. The number of fused-ring (bicyclic) bond motifs is 1. The molecular weight excluding hydrogens is 463 g/mol. The highest BCUT2D eigenvalue weighted by Gasteiger charge is 2.53. The average molecular weight is 487 g/mol. The van der Waals surface area contributed by atoms with Gasteiger partial charge in [-0.05, 0) is 50.3 Å². The maximum absolute atomic E-state index is 13.5. The minimum absolute atomic E-state index is 0.0570. The second kappa shape index (κ2) is 9.27. The number of amides is 3. The lowest BCUT2D eigenvalue weighted by Crippen LogP contribution is -2.52. The van der Waals surface area contributed by atoms with Crippen molar-refractivity contribution < 1.29 is 19.2 Å². The maximum Gasteiger partial charge on any atom is 0.274 e. The smallest absolute Gasteiger partial charge is 0.274 e. The number of hydrogen-bond donors (Lipinski definition) is 0. The number of benzene rings is 2. The van der Waals surface area contributed by atoms with Crippen LogP contribution >= 0.6 is 23.2 Å². The van der Waals surface area contributed by atoms with Gasteiger partial charge in [-0.1, -0.05) is 60.0 Å². The minimum atomic E-state index is -0.703. The summed E-state index contributed by atoms with van der Waals surface area (Å²) in [5.74, 6) is -2.61. The number of rotatable bonds is 5. The number of imide groups is 1. The zero-order chi connectivity index (χ0) is 23.9. The Labute approximate surface area is 202 Å². The molecule has 0 N–H and O–H groups in total. The Hall–Kier alpha value is -2.70. The van der Waals surface area contributed by atoms with E-state index < -0.39 is 41.9 Å². The molecule has 33 heavy (non-hydrogen) atoms. The van der Waals surface area contributed by atoms with Crippen LogP contribution in [0.25, 0.3) is 0 Å². The molecule has 2 aromatic rings. The van der Waals surface area contributed by atoms with Crippen molar-refractivity contribution in [3.63, 3.8) is 0 Å². The Morgan fingerprint density at radius 1 is 1.00 bits per heavy atom. The summed E-state index contributed by atoms with van der Waals surface area (Å²) in [4.78, 5) is 53.2. The number of nitrogens with zero attached hydrogens (tertiary/aromatic N) is 2. The van der Waals surface area contributed by atoms with Crippen LogP contribution in [0.3, 0.4) is 0 Å². The van der Waals surface area contributed by atoms with Crippen LogP contribution in [0, 0.1) is 24.7 Å². The third-order valence-electron chi connectivity index (χ3n) is 6.47. The summed E-state index contributed by atoms with van der Waals surface area (Å²) < 4.78 is 0. The molecular formula is C25H24Cl2N2O4. The number of hydrogen-bond acceptors (Lipinski definition) is 4. The fraction of sp³-hybridized carbons (Fsp3) is 0.360. The minimum Gasteiger partial charge on any atom is -0.292 e. The zero-order valence-electron chi connectivity index (χ0n) is 18.4. The maximum atomic E-state index is 13.5. The molecule has 3 amide bonds. The van der Waals surface area contributed by atoms with E-state index in [1.807, 2.05) is 13.8 Å². The van der Waals surface area contributed by atoms with Crippen LogP contribution in [0.1, 0.15) is 52.5 Å². The van der Waals surface area contributed by atoms with E-state index in [4.69, 9.17) is 23.2 Å². The van der Waals surface area contributed by atoms with Crippen molar-refractivity contribution in [1.29, 1.82) is 0 Å². The van der Waals surface area contributed by atoms with Crippen LogP contribution in [0.2, 0.25) is 10.0 Å². The summed E-state index contributed by atoms with van der Waals surface area (Å²) in [7, 11) is 0. The molecule has 1 aliphatic heterocycles. The first kappa shape index (κ1) is 23.5. The molecule has 1 saturated heterocycles. The van der Waals surface area contributed by atoms with Gasteiger partial charge in [0.1, 0.15) is 6.54 Å². The predicted molar refractivity (Wildman–Crippen MR) is 125 cm³/mol. The van der Waals surface area contributed by atoms with E-state index in [-0.39, 0.29) is 10.6 Å². The molecule has 1 saturated carbocycles. The first-order chi connectivity index (χ1) is 15.7. The fourth-order valence-corrected chi connectivity index (χ4v) is 5.10. The first-order valence-corrected chi connectivity index (χ1v) is 11.7. The van der Waals surface area contributed by atoms with E-state index in [1.165, 1.54) is 18.2 Å². The Morgan fingerprint density at radius 3 is 2.33 bits per heavy atom. The van der Waals surface area contributed by atoms with Gasteiger partial charge in [0.2, 0.25) is 0 Å². The van der Waals surface area contributed by atoms with Gasteiger partial charge in [-0.25, -0.2) is 5.01 Å². The van der Waals surface area contributed by atoms with Gasteiger partial charge in [0.15, 0.2) is 5.78 Å². The van der Waals surface area contributed by atoms with Crippen molar-refractivity contribution in [3.05, 3.63) is 69.2 Å². The van der Waals surface area contributed by atoms with Crippen molar-refractivity contribution in [1.82, 2.24) is 10.0 Å². The molecule has 2 aromatic carbocycles. The monoisotopic (exact) mass is 486 g/mol. The van der Waals surface area contributed by atoms with Gasteiger partial charge >= 0.3 is 0 Å². The third-order valence-corrected chi connectivity index (χ3v) is 7.02. The Morgan fingerprint density at radius 2 is 1.67 bits per heavy atom. The van der Waals surface area contributed by atoms with E-state index in [9.17, 15) is 19.2 Å². The lowest BCUT2D eigenvalue weighted by molar-refractivity contribution is -0.154. The SMILES string of the molecule is Cc1ccc(C(=O)CN(C(=O)c2ccc(Cl)cc2Cl)N2C(=O)[C@H]3C[C@@H](C)CC[C@H]3C2=O)cc1. The fourth-order valence-electron chi connectivity index (χ4n) is 4.61. The molecule has 172 valence electrons. The molecule has 2 fully saturated rings. The van der Waals surface area contributed by atoms with Crippen molar-refractivity contribution in [2.75, 3.05) is 6.54 Å². The number of aryl methyl sites for hydroxylation is 1. The molecule has 0 radical (unpaired) electrons. The number of hydrazine groups is 1. The predicted octanol–water partition coefficient (Wildman–Crippen LogP) is 4.96. The van der Waals surface area contributed by atoms with Crippen molar-refractivity contribution in [2.45, 2.75) is 33.1 Å². The van der Waals surface area contributed by atoms with Crippen LogP contribution < -0.4 is 0 Å². The number of Topliss-reactive ketones (excluding diaryl/α,β-unsaturated/α-hetero) is 1. The molecule has 4 rings (SSSR count). The van der Waals surface area contributed by atoms with Crippen LogP contribution in [0.4, 0.5) is 0 Å². The number of carbonyl (C=O) groups is 4. The highest BCUT2D eigenvalue weighted by molar-refractivity contribution is 6.36. The molecule has 3 atom stereocenters. The molecule has 0 spiro atoms. The van der Waals surface area contributed by atoms with Gasteiger partial charge in [0, 0.05) is 10.6 Å². The Kier molecular flexibility index (Phi) is 6.59. The summed E-state index contributed by atoms with van der Waals surface area (Å²) in [6.07, 6.45) is 2.01. The van der Waals surface area contributed by atoms with E-state index >= 15 is 0 Å². The van der Waals surface area contributed by atoms with Gasteiger partial charge in [-0.2, -0.15) is 5.01 Å². The van der Waals surface area contributed by atoms with Crippen LogP contribution in [0.15, 0.2) is 42.5 Å². The molecule has 8 heteroatoms. The average Bonchev–Trinajstić information content (AvgIpc) is 3.01. The second-order valence-electron chi connectivity index (χ2n) is 8.90. The first-order valence-electron chi connectivity index (χ1n) is 10.9. The highest BCUT2D eigenvalue weighted by Crippen LogP contribution is 2.41. The number of carbonyl (C=O) groups excluding carboxylic acids is 4. The van der Waals surface area contributed by atoms with Gasteiger partial charge < -0.3 is 0 Å². The molecule has 6 nitrogen and oxygen atoms in total. The summed E-state index contributed by atoms with van der Waals surface area (Å²) in [5, 5.41) is 2.25. The van der Waals surface area contributed by atoms with E-state index in [1.54, 1.807) is 24.3 Å². The standard InChI is InChI=1S/C25H24Cl2N2O4/c1-14-3-6-16(7-4-14)22(30)13-28(23(31)19-10-8-17(26)12-21(19)27)29-24(32)18-9-5-15(2)11-20(18)25(29)33/h3-4,6-8,10,12,15,18,20H,5,9,11,13H2,1-2H3/t15-,18+,20-/m0/s1. The molecule has 1 heterocycles. The molecule has 0 bridgehead atoms. The number of ketones is 1. The molecule has 0 unspecified atom stereocenters. The highest BCUT2D eigenvalue weighted by atomic mass is 35.5. The summed E-state index contributed by atoms with van der Waals surface area (Å²) in [5.41, 5.74) is 1.42. The second-order valence-corrected chi connectivity index (χ2v) is 9.74. The largest absolute Gasteiger partial charge is 0.292 e. The van der Waals surface area contributed by atoms with Crippen LogP contribution in [0.5, 0.6) is 0 Å². The normalized spacial score (nSPS) is 22.3. The van der Waals surface area contributed by atoms with E-state index in [0.29, 0.717) is 29.3 Å². The van der Waals surface area contributed by atoms with Gasteiger partial charge in [-0.3, -0.25) is 19.2 Å². The number of halogens is 2. The van der Waals surface area contributed by atoms with Gasteiger partial charge in [-0.15, -0.1) is 0 Å². The lowest BCUT2D eigenvalue weighted by Gasteiger charge is -2.30. The third kappa shape index (κ3) is 4.55. The van der Waals surface area contributed by atoms with E-state index in [2.05, 4.69) is 0 Å². The van der Waals surface area contributed by atoms with E-state index in [0.717, 1.165) is 22.0 Å². The van der Waals surface area contributed by atoms with Gasteiger partial charge in [0.05, 0.1) is 22.4 Å². The molecule has 1 aliphatic carbocycles. The molecule has 0 aromatic heterocycles. The van der Waals surface area contributed by atoms with Crippen molar-refractivity contribution >= 4 is 46.7 Å². The Balaban J connectivity index is 1.71. The molecule has 2 aliphatic rings. The van der Waals surface area contributed by atoms with Gasteiger partial charge in [0.25, 0.3) is 17.7 Å². The summed E-state index contributed by atoms with van der Waals surface area (Å²) in [6, 6.07) is 11.2.